The summed E-state index contributed by atoms with van der Waals surface area (Å²) in [7, 11) is 0. The molecule has 0 bridgehead atoms. The summed E-state index contributed by atoms with van der Waals surface area (Å²) in [5, 5.41) is 0. The lowest BCUT2D eigenvalue weighted by Crippen LogP contribution is -2.43. The van der Waals surface area contributed by atoms with Crippen LogP contribution < -0.4 is 10.5 Å². The van der Waals surface area contributed by atoms with Crippen molar-refractivity contribution in [3.63, 3.8) is 0 Å². The highest BCUT2D eigenvalue weighted by molar-refractivity contribution is 5.40. The average molecular weight is 247 g/mol. The van der Waals surface area contributed by atoms with E-state index in [0.717, 1.165) is 44.6 Å². The summed E-state index contributed by atoms with van der Waals surface area (Å²) in [5.41, 5.74) is 7.46. The zero-order chi connectivity index (χ0) is 12.4. The standard InChI is InChI=1S/C15H21NO2/c16-15(8-3-9-15)13-4-1-2-5-14(13)18-12-6-10-17-11-7-12/h1-2,4-5,12H,3,6-11,16H2. The van der Waals surface area contributed by atoms with E-state index in [2.05, 4.69) is 18.2 Å². The molecular formula is C15H21NO2. The monoisotopic (exact) mass is 247 g/mol. The van der Waals surface area contributed by atoms with Gasteiger partial charge in [0.1, 0.15) is 11.9 Å². The van der Waals surface area contributed by atoms with Gasteiger partial charge in [-0.25, -0.2) is 0 Å². The summed E-state index contributed by atoms with van der Waals surface area (Å²) < 4.78 is 11.5. The molecule has 98 valence electrons. The Kier molecular flexibility index (Phi) is 3.27. The van der Waals surface area contributed by atoms with Gasteiger partial charge in [-0.05, 0) is 25.3 Å². The summed E-state index contributed by atoms with van der Waals surface area (Å²) in [6.45, 7) is 1.61. The fourth-order valence-corrected chi connectivity index (χ4v) is 2.78. The normalized spacial score (nSPS) is 23.4. The van der Waals surface area contributed by atoms with Gasteiger partial charge in [0.25, 0.3) is 0 Å². The van der Waals surface area contributed by atoms with Crippen LogP contribution in [0.1, 0.15) is 37.7 Å². The van der Waals surface area contributed by atoms with Crippen LogP contribution in [0.15, 0.2) is 24.3 Å². The summed E-state index contributed by atoms with van der Waals surface area (Å²) in [4.78, 5) is 0. The van der Waals surface area contributed by atoms with E-state index >= 15 is 0 Å². The van der Waals surface area contributed by atoms with Crippen molar-refractivity contribution < 1.29 is 9.47 Å². The van der Waals surface area contributed by atoms with Crippen LogP contribution in [-0.4, -0.2) is 19.3 Å². The minimum absolute atomic E-state index is 0.151. The molecular weight excluding hydrogens is 226 g/mol. The zero-order valence-corrected chi connectivity index (χ0v) is 10.7. The quantitative estimate of drug-likeness (QED) is 0.893. The highest BCUT2D eigenvalue weighted by atomic mass is 16.5. The number of nitrogens with two attached hydrogens (primary N) is 1. The van der Waals surface area contributed by atoms with Crippen LogP contribution in [0.3, 0.4) is 0 Å². The van der Waals surface area contributed by atoms with E-state index in [1.165, 1.54) is 12.0 Å². The predicted octanol–water partition coefficient (Wildman–Crippen LogP) is 2.58. The Morgan fingerprint density at radius 1 is 1.17 bits per heavy atom. The van der Waals surface area contributed by atoms with Gasteiger partial charge in [0.05, 0.1) is 13.2 Å². The van der Waals surface area contributed by atoms with E-state index in [1.54, 1.807) is 0 Å². The van der Waals surface area contributed by atoms with Crippen molar-refractivity contribution in [1.29, 1.82) is 0 Å². The number of hydrogen-bond acceptors (Lipinski definition) is 3. The molecule has 2 N–H and O–H groups in total. The minimum atomic E-state index is -0.151. The van der Waals surface area contributed by atoms with E-state index in [0.29, 0.717) is 0 Å². The molecule has 1 heterocycles. The van der Waals surface area contributed by atoms with Crippen molar-refractivity contribution in [3.8, 4) is 5.75 Å². The molecule has 3 heteroatoms. The fraction of sp³-hybridized carbons (Fsp3) is 0.600. The average Bonchev–Trinajstić information content (AvgIpc) is 2.38. The molecule has 2 fully saturated rings. The van der Waals surface area contributed by atoms with Gasteiger partial charge in [0.15, 0.2) is 0 Å². The smallest absolute Gasteiger partial charge is 0.124 e. The first-order chi connectivity index (χ1) is 8.78. The first-order valence-electron chi connectivity index (χ1n) is 6.91. The minimum Gasteiger partial charge on any atom is -0.490 e. The van der Waals surface area contributed by atoms with Gasteiger partial charge in [0, 0.05) is 23.9 Å². The van der Waals surface area contributed by atoms with Crippen molar-refractivity contribution in [2.24, 2.45) is 5.73 Å². The SMILES string of the molecule is NC1(c2ccccc2OC2CCOCC2)CCC1. The summed E-state index contributed by atoms with van der Waals surface area (Å²) in [5.74, 6) is 0.978. The maximum atomic E-state index is 6.43. The lowest BCUT2D eigenvalue weighted by atomic mass is 9.72. The Balaban J connectivity index is 1.78. The van der Waals surface area contributed by atoms with Crippen LogP contribution in [0.25, 0.3) is 0 Å². The van der Waals surface area contributed by atoms with Gasteiger partial charge < -0.3 is 15.2 Å². The van der Waals surface area contributed by atoms with E-state index in [1.807, 2.05) is 6.07 Å². The van der Waals surface area contributed by atoms with Gasteiger partial charge in [-0.3, -0.25) is 0 Å². The first-order valence-corrected chi connectivity index (χ1v) is 6.91. The Morgan fingerprint density at radius 3 is 2.56 bits per heavy atom. The van der Waals surface area contributed by atoms with Gasteiger partial charge in [0.2, 0.25) is 0 Å². The largest absolute Gasteiger partial charge is 0.490 e. The molecule has 1 saturated heterocycles. The second kappa shape index (κ2) is 4.90. The Bertz CT molecular complexity index is 409. The van der Waals surface area contributed by atoms with E-state index in [4.69, 9.17) is 15.2 Å². The maximum absolute atomic E-state index is 6.43. The van der Waals surface area contributed by atoms with Crippen LogP contribution in [-0.2, 0) is 10.3 Å². The van der Waals surface area contributed by atoms with Crippen LogP contribution in [0.2, 0.25) is 0 Å². The maximum Gasteiger partial charge on any atom is 0.124 e. The van der Waals surface area contributed by atoms with Crippen molar-refractivity contribution in [3.05, 3.63) is 29.8 Å². The molecule has 0 spiro atoms. The van der Waals surface area contributed by atoms with Crippen LogP contribution in [0.5, 0.6) is 5.75 Å². The Morgan fingerprint density at radius 2 is 1.89 bits per heavy atom. The Hall–Kier alpha value is -1.06. The van der Waals surface area contributed by atoms with Gasteiger partial charge >= 0.3 is 0 Å². The third-order valence-corrected chi connectivity index (χ3v) is 4.13. The molecule has 1 aromatic rings. The molecule has 2 aliphatic rings. The van der Waals surface area contributed by atoms with Crippen LogP contribution in [0.4, 0.5) is 0 Å². The fourth-order valence-electron chi connectivity index (χ4n) is 2.78. The van der Waals surface area contributed by atoms with Crippen molar-refractivity contribution in [1.82, 2.24) is 0 Å². The van der Waals surface area contributed by atoms with Crippen LogP contribution >= 0.6 is 0 Å². The van der Waals surface area contributed by atoms with Gasteiger partial charge in [-0.15, -0.1) is 0 Å². The molecule has 3 nitrogen and oxygen atoms in total. The topological polar surface area (TPSA) is 44.5 Å². The molecule has 0 aromatic heterocycles. The molecule has 1 aliphatic carbocycles. The number of ether oxygens (including phenoxy) is 2. The highest BCUT2D eigenvalue weighted by Crippen LogP contribution is 2.43. The molecule has 1 saturated carbocycles. The number of benzene rings is 1. The summed E-state index contributed by atoms with van der Waals surface area (Å²) in [6, 6.07) is 8.25. The van der Waals surface area contributed by atoms with Crippen molar-refractivity contribution >= 4 is 0 Å². The lowest BCUT2D eigenvalue weighted by Gasteiger charge is -2.40. The van der Waals surface area contributed by atoms with Gasteiger partial charge in [-0.2, -0.15) is 0 Å². The second-order valence-corrected chi connectivity index (χ2v) is 5.44. The zero-order valence-electron chi connectivity index (χ0n) is 10.7. The molecule has 1 aliphatic heterocycles. The predicted molar refractivity (Wildman–Crippen MR) is 70.6 cm³/mol. The number of rotatable bonds is 3. The third kappa shape index (κ3) is 2.25. The highest BCUT2D eigenvalue weighted by Gasteiger charge is 2.36. The summed E-state index contributed by atoms with van der Waals surface area (Å²) in [6.07, 6.45) is 5.60. The summed E-state index contributed by atoms with van der Waals surface area (Å²) >= 11 is 0. The van der Waals surface area contributed by atoms with Crippen molar-refractivity contribution in [2.75, 3.05) is 13.2 Å². The number of para-hydroxylation sites is 1. The molecule has 0 unspecified atom stereocenters. The molecule has 18 heavy (non-hydrogen) atoms. The molecule has 3 rings (SSSR count). The lowest BCUT2D eigenvalue weighted by molar-refractivity contribution is 0.0242. The van der Waals surface area contributed by atoms with Gasteiger partial charge in [-0.1, -0.05) is 18.2 Å². The van der Waals surface area contributed by atoms with E-state index < -0.39 is 0 Å². The van der Waals surface area contributed by atoms with Crippen molar-refractivity contribution in [2.45, 2.75) is 43.7 Å². The molecule has 0 atom stereocenters. The van der Waals surface area contributed by atoms with Crippen LogP contribution in [0, 0.1) is 0 Å². The molecule has 0 radical (unpaired) electrons. The van der Waals surface area contributed by atoms with E-state index in [9.17, 15) is 0 Å². The first kappa shape index (κ1) is 12.0. The number of hydrogen-bond donors (Lipinski definition) is 1. The molecule has 0 amide bonds. The van der Waals surface area contributed by atoms with E-state index in [-0.39, 0.29) is 11.6 Å². The third-order valence-electron chi connectivity index (χ3n) is 4.13. The Labute approximate surface area is 108 Å². The molecule has 1 aromatic carbocycles. The second-order valence-electron chi connectivity index (χ2n) is 5.44.